The lowest BCUT2D eigenvalue weighted by atomic mass is 10.1. The van der Waals surface area contributed by atoms with Crippen molar-refractivity contribution in [2.24, 2.45) is 0 Å². The molecule has 0 fully saturated rings. The van der Waals surface area contributed by atoms with Crippen molar-refractivity contribution in [2.75, 3.05) is 19.0 Å². The third kappa shape index (κ3) is 7.25. The van der Waals surface area contributed by atoms with Crippen molar-refractivity contribution in [3.05, 3.63) is 101 Å². The van der Waals surface area contributed by atoms with E-state index in [1.54, 1.807) is 37.4 Å². The molecule has 0 aliphatic heterocycles. The van der Waals surface area contributed by atoms with Gasteiger partial charge in [0.2, 0.25) is 0 Å². The third-order valence-electron chi connectivity index (χ3n) is 5.39. The van der Waals surface area contributed by atoms with Crippen LogP contribution in [0.2, 0.25) is 0 Å². The number of ether oxygens (including phenoxy) is 2. The first-order chi connectivity index (χ1) is 18.0. The molecule has 188 valence electrons. The maximum absolute atomic E-state index is 12.9. The van der Waals surface area contributed by atoms with E-state index >= 15 is 0 Å². The van der Waals surface area contributed by atoms with Crippen LogP contribution in [0.1, 0.15) is 15.9 Å². The van der Waals surface area contributed by atoms with Crippen LogP contribution in [0.4, 0.5) is 5.13 Å². The number of amides is 2. The van der Waals surface area contributed by atoms with Crippen LogP contribution >= 0.6 is 11.3 Å². The summed E-state index contributed by atoms with van der Waals surface area (Å²) in [6.45, 7) is -0.511. The lowest BCUT2D eigenvalue weighted by Gasteiger charge is -2.18. The summed E-state index contributed by atoms with van der Waals surface area (Å²) in [6.07, 6.45) is 0.220. The second-order valence-corrected chi connectivity index (χ2v) is 8.86. The molecule has 0 bridgehead atoms. The minimum Gasteiger partial charge on any atom is -0.497 e. The number of carbonyl (C=O) groups excluding carboxylic acids is 3. The van der Waals surface area contributed by atoms with E-state index in [1.165, 1.54) is 11.3 Å². The average molecular weight is 516 g/mol. The number of carbonyl (C=O) groups is 3. The van der Waals surface area contributed by atoms with Gasteiger partial charge in [-0.3, -0.25) is 14.9 Å². The normalized spacial score (nSPS) is 11.3. The van der Waals surface area contributed by atoms with Gasteiger partial charge >= 0.3 is 5.97 Å². The number of rotatable bonds is 10. The van der Waals surface area contributed by atoms with E-state index in [0.29, 0.717) is 16.4 Å². The second-order valence-electron chi connectivity index (χ2n) is 8.00. The highest BCUT2D eigenvalue weighted by Gasteiger charge is 2.24. The quantitative estimate of drug-likeness (QED) is 0.304. The standard InChI is InChI=1S/C28H25N3O5S/c1-35-22-14-12-20(13-15-22)24-18-37-28(30-24)31-25(32)17-36-27(34)23(16-19-8-4-2-5-9-19)29-26(33)21-10-6-3-7-11-21/h2-15,18,23H,16-17H2,1H3,(H,29,33)(H,30,31,32). The van der Waals surface area contributed by atoms with Crippen LogP contribution in [0.25, 0.3) is 11.3 Å². The highest BCUT2D eigenvalue weighted by atomic mass is 32.1. The number of anilines is 1. The molecular formula is C28H25N3O5S. The molecule has 4 rings (SSSR count). The van der Waals surface area contributed by atoms with Gasteiger partial charge in [-0.05, 0) is 42.0 Å². The average Bonchev–Trinajstić information content (AvgIpc) is 3.40. The fraction of sp³-hybridized carbons (Fsp3) is 0.143. The largest absolute Gasteiger partial charge is 0.497 e. The number of hydrogen-bond acceptors (Lipinski definition) is 7. The van der Waals surface area contributed by atoms with Crippen LogP contribution in [0, 0.1) is 0 Å². The van der Waals surface area contributed by atoms with Crippen LogP contribution in [0.15, 0.2) is 90.3 Å². The first-order valence-electron chi connectivity index (χ1n) is 11.5. The molecule has 0 aliphatic carbocycles. The summed E-state index contributed by atoms with van der Waals surface area (Å²) in [5, 5.41) is 7.56. The van der Waals surface area contributed by atoms with Gasteiger partial charge in [-0.1, -0.05) is 48.5 Å². The van der Waals surface area contributed by atoms with Gasteiger partial charge in [-0.25, -0.2) is 9.78 Å². The van der Waals surface area contributed by atoms with Gasteiger partial charge < -0.3 is 14.8 Å². The molecule has 37 heavy (non-hydrogen) atoms. The molecule has 1 aromatic heterocycles. The van der Waals surface area contributed by atoms with Gasteiger partial charge in [-0.2, -0.15) is 0 Å². The van der Waals surface area contributed by atoms with Crippen molar-refractivity contribution in [2.45, 2.75) is 12.5 Å². The number of methoxy groups -OCH3 is 1. The van der Waals surface area contributed by atoms with Crippen LogP contribution in [-0.2, 0) is 20.7 Å². The van der Waals surface area contributed by atoms with E-state index in [4.69, 9.17) is 9.47 Å². The minimum atomic E-state index is -0.968. The number of hydrogen-bond donors (Lipinski definition) is 2. The Balaban J connectivity index is 1.35. The van der Waals surface area contributed by atoms with E-state index in [9.17, 15) is 14.4 Å². The fourth-order valence-corrected chi connectivity index (χ4v) is 4.23. The Bertz CT molecular complexity index is 1340. The summed E-state index contributed by atoms with van der Waals surface area (Å²) < 4.78 is 10.4. The summed E-state index contributed by atoms with van der Waals surface area (Å²) in [7, 11) is 1.60. The second kappa shape index (κ2) is 12.5. The summed E-state index contributed by atoms with van der Waals surface area (Å²) in [4.78, 5) is 42.4. The van der Waals surface area contributed by atoms with E-state index in [2.05, 4.69) is 15.6 Å². The maximum atomic E-state index is 12.9. The Kier molecular flexibility index (Phi) is 8.62. The van der Waals surface area contributed by atoms with Crippen molar-refractivity contribution in [3.8, 4) is 17.0 Å². The molecule has 1 atom stereocenters. The molecular weight excluding hydrogens is 490 g/mol. The maximum Gasteiger partial charge on any atom is 0.329 e. The molecule has 4 aromatic rings. The lowest BCUT2D eigenvalue weighted by Crippen LogP contribution is -2.44. The molecule has 0 aliphatic rings. The molecule has 0 saturated carbocycles. The number of benzene rings is 3. The minimum absolute atomic E-state index is 0.220. The molecule has 0 radical (unpaired) electrons. The predicted molar refractivity (Wildman–Crippen MR) is 142 cm³/mol. The monoisotopic (exact) mass is 515 g/mol. The van der Waals surface area contributed by atoms with Gasteiger partial charge in [0, 0.05) is 22.9 Å². The zero-order valence-corrected chi connectivity index (χ0v) is 20.9. The molecule has 0 saturated heterocycles. The smallest absolute Gasteiger partial charge is 0.329 e. The van der Waals surface area contributed by atoms with Gasteiger partial charge in [0.05, 0.1) is 12.8 Å². The number of thiazole rings is 1. The highest BCUT2D eigenvalue weighted by Crippen LogP contribution is 2.26. The number of aromatic nitrogens is 1. The van der Waals surface area contributed by atoms with Crippen molar-refractivity contribution in [1.29, 1.82) is 0 Å². The van der Waals surface area contributed by atoms with Gasteiger partial charge in [-0.15, -0.1) is 11.3 Å². The van der Waals surface area contributed by atoms with Crippen LogP contribution in [0.3, 0.4) is 0 Å². The van der Waals surface area contributed by atoms with Crippen molar-refractivity contribution in [3.63, 3.8) is 0 Å². The van der Waals surface area contributed by atoms with Crippen LogP contribution < -0.4 is 15.4 Å². The van der Waals surface area contributed by atoms with Gasteiger partial charge in [0.1, 0.15) is 11.8 Å². The highest BCUT2D eigenvalue weighted by molar-refractivity contribution is 7.14. The molecule has 3 aromatic carbocycles. The molecule has 2 N–H and O–H groups in total. The van der Waals surface area contributed by atoms with Crippen molar-refractivity contribution < 1.29 is 23.9 Å². The van der Waals surface area contributed by atoms with Gasteiger partial charge in [0.15, 0.2) is 11.7 Å². The predicted octanol–water partition coefficient (Wildman–Crippen LogP) is 4.34. The molecule has 9 heteroatoms. The summed E-state index contributed by atoms with van der Waals surface area (Å²) >= 11 is 1.26. The summed E-state index contributed by atoms with van der Waals surface area (Å²) in [5.74, 6) is -0.908. The first kappa shape index (κ1) is 25.6. The van der Waals surface area contributed by atoms with E-state index in [-0.39, 0.29) is 6.42 Å². The van der Waals surface area contributed by atoms with Crippen LogP contribution in [-0.4, -0.2) is 42.5 Å². The molecule has 1 heterocycles. The number of esters is 1. The zero-order valence-electron chi connectivity index (χ0n) is 20.0. The Labute approximate surface area is 218 Å². The van der Waals surface area contributed by atoms with Crippen molar-refractivity contribution in [1.82, 2.24) is 10.3 Å². The zero-order chi connectivity index (χ0) is 26.0. The topological polar surface area (TPSA) is 107 Å². The van der Waals surface area contributed by atoms with Gasteiger partial charge in [0.25, 0.3) is 11.8 Å². The third-order valence-corrected chi connectivity index (χ3v) is 6.15. The number of nitrogens with zero attached hydrogens (tertiary/aromatic N) is 1. The molecule has 8 nitrogen and oxygen atoms in total. The molecule has 2 amide bonds. The Morgan fingerprint density at radius 1 is 0.919 bits per heavy atom. The number of nitrogens with one attached hydrogen (secondary N) is 2. The SMILES string of the molecule is COc1ccc(-c2csc(NC(=O)COC(=O)C(Cc3ccccc3)NC(=O)c3ccccc3)n2)cc1. The van der Waals surface area contributed by atoms with E-state index in [0.717, 1.165) is 16.9 Å². The fourth-order valence-electron chi connectivity index (χ4n) is 3.49. The molecule has 1 unspecified atom stereocenters. The molecule has 0 spiro atoms. The Morgan fingerprint density at radius 2 is 1.59 bits per heavy atom. The first-order valence-corrected chi connectivity index (χ1v) is 12.4. The lowest BCUT2D eigenvalue weighted by molar-refractivity contribution is -0.149. The summed E-state index contributed by atoms with van der Waals surface area (Å²) in [6, 6.07) is 24.3. The summed E-state index contributed by atoms with van der Waals surface area (Å²) in [5.41, 5.74) is 2.84. The van der Waals surface area contributed by atoms with Crippen LogP contribution in [0.5, 0.6) is 5.75 Å². The van der Waals surface area contributed by atoms with E-state index in [1.807, 2.05) is 60.0 Å². The van der Waals surface area contributed by atoms with Crippen molar-refractivity contribution >= 4 is 34.3 Å². The Morgan fingerprint density at radius 3 is 2.27 bits per heavy atom. The van der Waals surface area contributed by atoms with E-state index < -0.39 is 30.4 Å². The Hall–Kier alpha value is -4.50.